The largest absolute Gasteiger partial charge is 0.159 e. The van der Waals surface area contributed by atoms with Gasteiger partial charge in [-0.1, -0.05) is 66.7 Å². The van der Waals surface area contributed by atoms with Crippen molar-refractivity contribution in [1.82, 2.24) is 0 Å². The highest BCUT2D eigenvalue weighted by atomic mass is 15.2. The van der Waals surface area contributed by atoms with E-state index in [0.717, 1.165) is 29.8 Å². The van der Waals surface area contributed by atoms with Gasteiger partial charge < -0.3 is 0 Å². The van der Waals surface area contributed by atoms with Gasteiger partial charge in [0.1, 0.15) is 0 Å². The van der Waals surface area contributed by atoms with Crippen molar-refractivity contribution in [2.75, 3.05) is 0 Å². The van der Waals surface area contributed by atoms with E-state index in [4.69, 9.17) is 0 Å². The summed E-state index contributed by atoms with van der Waals surface area (Å²) in [5.41, 5.74) is 4.36. The van der Waals surface area contributed by atoms with Gasteiger partial charge in [-0.25, -0.2) is 0 Å². The lowest BCUT2D eigenvalue weighted by atomic mass is 9.70. The minimum Gasteiger partial charge on any atom is -0.159 e. The van der Waals surface area contributed by atoms with Gasteiger partial charge in [0.25, 0.3) is 0 Å². The molecule has 0 fully saturated rings. The molecule has 0 bridgehead atoms. The molecule has 0 saturated heterocycles. The summed E-state index contributed by atoms with van der Waals surface area (Å²) in [5, 5.41) is 8.93. The molecule has 22 heavy (non-hydrogen) atoms. The number of rotatable bonds is 5. The van der Waals surface area contributed by atoms with E-state index in [0.29, 0.717) is 0 Å². The van der Waals surface area contributed by atoms with Crippen molar-refractivity contribution in [1.29, 1.82) is 0 Å². The Bertz CT molecular complexity index is 714. The first-order valence-corrected chi connectivity index (χ1v) is 7.60. The van der Waals surface area contributed by atoms with Crippen LogP contribution in [0.3, 0.4) is 0 Å². The van der Waals surface area contributed by atoms with E-state index in [-0.39, 0.29) is 5.41 Å². The standard InChI is InChI=1S/C20H20N2/c1-3-14-20(15-17-10-6-4-7-11-17)16(2)21-22-19(20)18-12-8-5-9-13-18/h3-13H,1,14-15H2,2H3/t20-/m1/s1. The first-order valence-electron chi connectivity index (χ1n) is 7.60. The van der Waals surface area contributed by atoms with Gasteiger partial charge in [-0.2, -0.15) is 10.2 Å². The highest BCUT2D eigenvalue weighted by Crippen LogP contribution is 2.38. The lowest BCUT2D eigenvalue weighted by molar-refractivity contribution is 0.587. The Morgan fingerprint density at radius 1 is 0.955 bits per heavy atom. The molecule has 1 aliphatic rings. The Balaban J connectivity index is 2.05. The van der Waals surface area contributed by atoms with Crippen molar-refractivity contribution >= 4 is 11.4 Å². The molecule has 2 nitrogen and oxygen atoms in total. The Labute approximate surface area is 131 Å². The third-order valence-electron chi connectivity index (χ3n) is 4.33. The first-order chi connectivity index (χ1) is 10.8. The van der Waals surface area contributed by atoms with E-state index in [1.807, 2.05) is 30.3 Å². The fraction of sp³-hybridized carbons (Fsp3) is 0.200. The third-order valence-corrected chi connectivity index (χ3v) is 4.33. The van der Waals surface area contributed by atoms with Gasteiger partial charge in [0, 0.05) is 0 Å². The van der Waals surface area contributed by atoms with Crippen LogP contribution in [0.1, 0.15) is 24.5 Å². The number of benzene rings is 2. The van der Waals surface area contributed by atoms with Crippen LogP contribution < -0.4 is 0 Å². The zero-order chi connectivity index (χ0) is 15.4. The van der Waals surface area contributed by atoms with Crippen LogP contribution in [0.5, 0.6) is 0 Å². The maximum atomic E-state index is 4.51. The zero-order valence-electron chi connectivity index (χ0n) is 12.9. The van der Waals surface area contributed by atoms with Crippen molar-refractivity contribution in [2.45, 2.75) is 19.8 Å². The second-order valence-corrected chi connectivity index (χ2v) is 5.74. The molecule has 110 valence electrons. The summed E-state index contributed by atoms with van der Waals surface area (Å²) < 4.78 is 0. The molecule has 2 aromatic carbocycles. The molecule has 0 saturated carbocycles. The van der Waals surface area contributed by atoms with Gasteiger partial charge >= 0.3 is 0 Å². The molecule has 2 heteroatoms. The van der Waals surface area contributed by atoms with E-state index in [1.54, 1.807) is 0 Å². The van der Waals surface area contributed by atoms with Crippen molar-refractivity contribution in [3.05, 3.63) is 84.4 Å². The quantitative estimate of drug-likeness (QED) is 0.714. The fourth-order valence-electron chi connectivity index (χ4n) is 3.14. The monoisotopic (exact) mass is 288 g/mol. The van der Waals surface area contributed by atoms with E-state index in [1.165, 1.54) is 5.56 Å². The van der Waals surface area contributed by atoms with Crippen molar-refractivity contribution in [3.8, 4) is 0 Å². The second kappa shape index (κ2) is 6.10. The topological polar surface area (TPSA) is 24.7 Å². The van der Waals surface area contributed by atoms with E-state index < -0.39 is 0 Å². The van der Waals surface area contributed by atoms with Crippen LogP contribution in [-0.2, 0) is 6.42 Å². The van der Waals surface area contributed by atoms with E-state index in [2.05, 4.69) is 60.1 Å². The van der Waals surface area contributed by atoms with Crippen LogP contribution in [0.15, 0.2) is 83.5 Å². The van der Waals surface area contributed by atoms with Gasteiger partial charge in [0.15, 0.2) is 0 Å². The zero-order valence-corrected chi connectivity index (χ0v) is 12.9. The van der Waals surface area contributed by atoms with Crippen LogP contribution in [0.25, 0.3) is 0 Å². The average Bonchev–Trinajstić information content (AvgIpc) is 2.86. The van der Waals surface area contributed by atoms with Crippen molar-refractivity contribution in [2.24, 2.45) is 15.6 Å². The highest BCUT2D eigenvalue weighted by molar-refractivity contribution is 6.20. The summed E-state index contributed by atoms with van der Waals surface area (Å²) in [4.78, 5) is 0. The molecular formula is C20H20N2. The van der Waals surface area contributed by atoms with E-state index in [9.17, 15) is 0 Å². The Hall–Kier alpha value is -2.48. The summed E-state index contributed by atoms with van der Waals surface area (Å²) in [6, 6.07) is 20.9. The second-order valence-electron chi connectivity index (χ2n) is 5.74. The normalized spacial score (nSPS) is 20.4. The fourth-order valence-corrected chi connectivity index (χ4v) is 3.14. The summed E-state index contributed by atoms with van der Waals surface area (Å²) in [5.74, 6) is 0. The van der Waals surface area contributed by atoms with Gasteiger partial charge in [0.05, 0.1) is 16.8 Å². The average molecular weight is 288 g/mol. The number of allylic oxidation sites excluding steroid dienone is 1. The van der Waals surface area contributed by atoms with Crippen LogP contribution >= 0.6 is 0 Å². The summed E-state index contributed by atoms with van der Waals surface area (Å²) >= 11 is 0. The number of hydrogen-bond donors (Lipinski definition) is 0. The maximum absolute atomic E-state index is 4.51. The van der Waals surface area contributed by atoms with Gasteiger partial charge in [-0.3, -0.25) is 0 Å². The molecule has 0 unspecified atom stereocenters. The Kier molecular flexibility index (Phi) is 4.01. The van der Waals surface area contributed by atoms with Gasteiger partial charge in [0.2, 0.25) is 0 Å². The summed E-state index contributed by atoms with van der Waals surface area (Å²) in [6.07, 6.45) is 3.71. The molecule has 2 aromatic rings. The van der Waals surface area contributed by atoms with Crippen LogP contribution in [-0.4, -0.2) is 11.4 Å². The maximum Gasteiger partial charge on any atom is 0.0827 e. The first kappa shape index (κ1) is 14.5. The third kappa shape index (κ3) is 2.52. The van der Waals surface area contributed by atoms with Gasteiger partial charge in [-0.05, 0) is 30.9 Å². The predicted molar refractivity (Wildman–Crippen MR) is 93.5 cm³/mol. The molecule has 1 atom stereocenters. The van der Waals surface area contributed by atoms with Crippen LogP contribution in [0, 0.1) is 5.41 Å². The summed E-state index contributed by atoms with van der Waals surface area (Å²) in [6.45, 7) is 6.04. The molecule has 0 aliphatic carbocycles. The molecule has 0 radical (unpaired) electrons. The Morgan fingerprint density at radius 2 is 1.59 bits per heavy atom. The SMILES string of the molecule is C=CC[C@@]1(Cc2ccccc2)C(C)=NN=C1c1ccccc1. The van der Waals surface area contributed by atoms with Crippen LogP contribution in [0.2, 0.25) is 0 Å². The predicted octanol–water partition coefficient (Wildman–Crippen LogP) is 4.67. The molecule has 0 aromatic heterocycles. The van der Waals surface area contributed by atoms with Gasteiger partial charge in [-0.15, -0.1) is 6.58 Å². The lowest BCUT2D eigenvalue weighted by Crippen LogP contribution is -2.37. The minimum atomic E-state index is -0.190. The molecule has 0 amide bonds. The smallest absolute Gasteiger partial charge is 0.0827 e. The molecule has 1 aliphatic heterocycles. The number of nitrogens with zero attached hydrogens (tertiary/aromatic N) is 2. The number of hydrogen-bond acceptors (Lipinski definition) is 2. The summed E-state index contributed by atoms with van der Waals surface area (Å²) in [7, 11) is 0. The van der Waals surface area contributed by atoms with E-state index >= 15 is 0 Å². The van der Waals surface area contributed by atoms with Crippen molar-refractivity contribution < 1.29 is 0 Å². The minimum absolute atomic E-state index is 0.190. The molecule has 0 spiro atoms. The molecule has 3 rings (SSSR count). The van der Waals surface area contributed by atoms with Crippen molar-refractivity contribution in [3.63, 3.8) is 0 Å². The van der Waals surface area contributed by atoms with Crippen LogP contribution in [0.4, 0.5) is 0 Å². The highest BCUT2D eigenvalue weighted by Gasteiger charge is 2.42. The molecule has 0 N–H and O–H groups in total. The lowest BCUT2D eigenvalue weighted by Gasteiger charge is -2.30. The molecule has 1 heterocycles. The molecular weight excluding hydrogens is 268 g/mol. The Morgan fingerprint density at radius 3 is 2.23 bits per heavy atom.